The molecule has 37 heavy (non-hydrogen) atoms. The summed E-state index contributed by atoms with van der Waals surface area (Å²) in [6.07, 6.45) is 7.02. The van der Waals surface area contributed by atoms with Crippen LogP contribution in [0.2, 0.25) is 0 Å². The number of allylic oxidation sites excluding steroid dienone is 2. The van der Waals surface area contributed by atoms with Gasteiger partial charge in [-0.05, 0) is 87.9 Å². The average molecular weight is 515 g/mol. The Balaban J connectivity index is 1.71. The van der Waals surface area contributed by atoms with Gasteiger partial charge in [0.15, 0.2) is 6.10 Å². The molecule has 0 saturated heterocycles. The quantitative estimate of drug-likeness (QED) is 0.302. The van der Waals surface area contributed by atoms with E-state index in [0.717, 1.165) is 74.3 Å². The SMILES string of the molecule is Cc1cc2nc(C3=CCCC3)sc2c(-c2ccc3c4c(ccnc24)CCO3)c1[C@H](OC(C)(C)C)C(=O)O. The van der Waals surface area contributed by atoms with Crippen molar-refractivity contribution < 1.29 is 19.4 Å². The van der Waals surface area contributed by atoms with Crippen molar-refractivity contribution in [3.05, 3.63) is 58.2 Å². The summed E-state index contributed by atoms with van der Waals surface area (Å²) in [7, 11) is 0. The van der Waals surface area contributed by atoms with Gasteiger partial charge >= 0.3 is 5.97 Å². The summed E-state index contributed by atoms with van der Waals surface area (Å²) in [5.74, 6) is -0.193. The standard InChI is InChI=1S/C30H30N2O4S/c1-16-15-20-27(37-28(32-20)18-7-5-6-8-18)24(22(16)26(29(33)34)36-30(2,3)4)19-9-10-21-23-17(12-14-35-21)11-13-31-25(19)23/h7,9-11,13,15,26H,5-6,8,12,14H2,1-4H3,(H,33,34)/t26-/m0/s1. The largest absolute Gasteiger partial charge is 0.493 e. The van der Waals surface area contributed by atoms with E-state index in [2.05, 4.69) is 6.08 Å². The van der Waals surface area contributed by atoms with E-state index in [-0.39, 0.29) is 0 Å². The summed E-state index contributed by atoms with van der Waals surface area (Å²) in [4.78, 5) is 22.5. The number of aryl methyl sites for hydroxylation is 1. The first kappa shape index (κ1) is 24.1. The molecule has 1 aliphatic carbocycles. The summed E-state index contributed by atoms with van der Waals surface area (Å²) in [5.41, 5.74) is 6.73. The van der Waals surface area contributed by atoms with Crippen LogP contribution in [0.5, 0.6) is 5.75 Å². The number of hydrogen-bond acceptors (Lipinski definition) is 6. The maximum Gasteiger partial charge on any atom is 0.337 e. The fraction of sp³-hybridized carbons (Fsp3) is 0.367. The minimum Gasteiger partial charge on any atom is -0.493 e. The lowest BCUT2D eigenvalue weighted by atomic mass is 9.89. The minimum absolute atomic E-state index is 0.638. The van der Waals surface area contributed by atoms with Crippen molar-refractivity contribution in [2.75, 3.05) is 6.61 Å². The second-order valence-electron chi connectivity index (χ2n) is 10.8. The molecule has 6 rings (SSSR count). The number of carbonyl (C=O) groups is 1. The molecule has 6 nitrogen and oxygen atoms in total. The average Bonchev–Trinajstić information content (AvgIpc) is 3.52. The molecule has 0 radical (unpaired) electrons. The van der Waals surface area contributed by atoms with E-state index < -0.39 is 17.7 Å². The third-order valence-corrected chi connectivity index (χ3v) is 8.20. The molecule has 0 fully saturated rings. The van der Waals surface area contributed by atoms with E-state index in [9.17, 15) is 9.90 Å². The number of benzene rings is 2. The van der Waals surface area contributed by atoms with Gasteiger partial charge in [0.25, 0.3) is 0 Å². The van der Waals surface area contributed by atoms with E-state index in [1.54, 1.807) is 11.3 Å². The molecule has 4 aromatic rings. The van der Waals surface area contributed by atoms with E-state index in [0.29, 0.717) is 12.2 Å². The molecule has 0 saturated carbocycles. The molecule has 0 bridgehead atoms. The lowest BCUT2D eigenvalue weighted by Gasteiger charge is -2.28. The molecule has 1 atom stereocenters. The van der Waals surface area contributed by atoms with Crippen LogP contribution in [-0.2, 0) is 16.0 Å². The monoisotopic (exact) mass is 514 g/mol. The lowest BCUT2D eigenvalue weighted by Crippen LogP contribution is -2.28. The fourth-order valence-corrected chi connectivity index (χ4v) is 6.69. The highest BCUT2D eigenvalue weighted by atomic mass is 32.1. The fourth-order valence-electron chi connectivity index (χ4n) is 5.51. The Morgan fingerprint density at radius 3 is 2.78 bits per heavy atom. The third-order valence-electron chi connectivity index (χ3n) is 7.04. The van der Waals surface area contributed by atoms with Crippen molar-refractivity contribution in [2.24, 2.45) is 0 Å². The van der Waals surface area contributed by atoms with Gasteiger partial charge in [0.05, 0.1) is 27.9 Å². The zero-order valence-electron chi connectivity index (χ0n) is 21.6. The molecule has 0 amide bonds. The highest BCUT2D eigenvalue weighted by Crippen LogP contribution is 2.47. The highest BCUT2D eigenvalue weighted by Gasteiger charge is 2.33. The number of rotatable bonds is 5. The number of pyridine rings is 1. The molecule has 0 unspecified atom stereocenters. The van der Waals surface area contributed by atoms with Gasteiger partial charge in [0.1, 0.15) is 10.8 Å². The predicted molar refractivity (Wildman–Crippen MR) is 147 cm³/mol. The smallest absolute Gasteiger partial charge is 0.337 e. The van der Waals surface area contributed by atoms with Crippen LogP contribution in [0, 0.1) is 6.92 Å². The molecule has 3 heterocycles. The molecule has 2 aliphatic rings. The number of hydrogen-bond donors (Lipinski definition) is 1. The Hall–Kier alpha value is -3.29. The molecule has 2 aromatic heterocycles. The summed E-state index contributed by atoms with van der Waals surface area (Å²) < 4.78 is 13.1. The van der Waals surface area contributed by atoms with Crippen molar-refractivity contribution in [3.8, 4) is 16.9 Å². The van der Waals surface area contributed by atoms with Gasteiger partial charge in [-0.15, -0.1) is 11.3 Å². The Bertz CT molecular complexity index is 1580. The Morgan fingerprint density at radius 2 is 2.05 bits per heavy atom. The van der Waals surface area contributed by atoms with Crippen LogP contribution in [0.15, 0.2) is 36.5 Å². The normalized spacial score (nSPS) is 16.2. The van der Waals surface area contributed by atoms with Crippen molar-refractivity contribution in [1.82, 2.24) is 9.97 Å². The van der Waals surface area contributed by atoms with Gasteiger partial charge < -0.3 is 14.6 Å². The first-order chi connectivity index (χ1) is 17.7. The summed E-state index contributed by atoms with van der Waals surface area (Å²) in [6.45, 7) is 8.24. The van der Waals surface area contributed by atoms with Gasteiger partial charge in [-0.2, -0.15) is 0 Å². The first-order valence-corrected chi connectivity index (χ1v) is 13.6. The van der Waals surface area contributed by atoms with Crippen molar-refractivity contribution in [3.63, 3.8) is 0 Å². The number of carboxylic acids is 1. The molecule has 2 aromatic carbocycles. The zero-order chi connectivity index (χ0) is 25.9. The van der Waals surface area contributed by atoms with Gasteiger partial charge in [-0.3, -0.25) is 4.98 Å². The van der Waals surface area contributed by atoms with E-state index in [1.165, 1.54) is 11.1 Å². The molecule has 190 valence electrons. The van der Waals surface area contributed by atoms with E-state index in [4.69, 9.17) is 19.4 Å². The summed E-state index contributed by atoms with van der Waals surface area (Å²) >= 11 is 1.64. The Kier molecular flexibility index (Phi) is 5.81. The number of thiazole rings is 1. The van der Waals surface area contributed by atoms with Crippen molar-refractivity contribution in [1.29, 1.82) is 0 Å². The zero-order valence-corrected chi connectivity index (χ0v) is 22.4. The number of nitrogens with zero attached hydrogens (tertiary/aromatic N) is 2. The van der Waals surface area contributed by atoms with Crippen molar-refractivity contribution in [2.45, 2.75) is 65.1 Å². The molecular formula is C30H30N2O4S. The summed E-state index contributed by atoms with van der Waals surface area (Å²) in [6, 6.07) is 8.06. The van der Waals surface area contributed by atoms with Crippen LogP contribution < -0.4 is 4.74 Å². The van der Waals surface area contributed by atoms with Crippen LogP contribution in [0.3, 0.4) is 0 Å². The second-order valence-corrected chi connectivity index (χ2v) is 11.8. The van der Waals surface area contributed by atoms with Crippen LogP contribution in [0.1, 0.15) is 67.8 Å². The van der Waals surface area contributed by atoms with Gasteiger partial charge in [-0.25, -0.2) is 9.78 Å². The maximum absolute atomic E-state index is 12.7. The molecule has 1 aliphatic heterocycles. The molecule has 7 heteroatoms. The van der Waals surface area contributed by atoms with E-state index >= 15 is 0 Å². The number of aliphatic carboxylic acids is 1. The predicted octanol–water partition coefficient (Wildman–Crippen LogP) is 7.26. The maximum atomic E-state index is 12.7. The number of ether oxygens (including phenoxy) is 2. The number of fused-ring (bicyclic) bond motifs is 1. The van der Waals surface area contributed by atoms with Gasteiger partial charge in [0, 0.05) is 34.7 Å². The first-order valence-electron chi connectivity index (χ1n) is 12.8. The molecule has 1 N–H and O–H groups in total. The van der Waals surface area contributed by atoms with Crippen LogP contribution in [-0.4, -0.2) is 33.3 Å². The summed E-state index contributed by atoms with van der Waals surface area (Å²) in [5, 5.41) is 12.4. The van der Waals surface area contributed by atoms with Gasteiger partial charge in [0.2, 0.25) is 0 Å². The molecular weight excluding hydrogens is 484 g/mol. The second kappa shape index (κ2) is 8.92. The van der Waals surface area contributed by atoms with Gasteiger partial charge in [-0.1, -0.05) is 6.08 Å². The van der Waals surface area contributed by atoms with Crippen molar-refractivity contribution >= 4 is 44.0 Å². The van der Waals surface area contributed by atoms with Crippen LogP contribution in [0.4, 0.5) is 0 Å². The Labute approximate surface area is 220 Å². The Morgan fingerprint density at radius 1 is 1.22 bits per heavy atom. The topological polar surface area (TPSA) is 81.5 Å². The highest BCUT2D eigenvalue weighted by molar-refractivity contribution is 7.20. The molecule has 0 spiro atoms. The number of carboxylic acid groups (broad SMARTS) is 1. The van der Waals surface area contributed by atoms with Crippen LogP contribution in [0.25, 0.3) is 37.8 Å². The lowest BCUT2D eigenvalue weighted by molar-refractivity contribution is -0.160. The number of aromatic nitrogens is 2. The third kappa shape index (κ3) is 4.20. The van der Waals surface area contributed by atoms with Crippen LogP contribution >= 0.6 is 11.3 Å². The van der Waals surface area contributed by atoms with E-state index in [1.807, 2.05) is 58.2 Å². The minimum atomic E-state index is -1.14.